The van der Waals surface area contributed by atoms with Gasteiger partial charge in [0.1, 0.15) is 11.4 Å². The number of carbonyl (C=O) groups is 1. The fourth-order valence-electron chi connectivity index (χ4n) is 2.87. The Labute approximate surface area is 142 Å². The summed E-state index contributed by atoms with van der Waals surface area (Å²) in [6.07, 6.45) is 6.30. The van der Waals surface area contributed by atoms with Crippen LogP contribution in [0.4, 0.5) is 11.4 Å². The molecule has 0 aliphatic carbocycles. The van der Waals surface area contributed by atoms with E-state index in [2.05, 4.69) is 10.3 Å². The van der Waals surface area contributed by atoms with Gasteiger partial charge >= 0.3 is 0 Å². The average Bonchev–Trinajstić information content (AvgIpc) is 2.92. The molecule has 3 rings (SSSR count). The molecule has 126 valence electrons. The Hall–Kier alpha value is -2.56. The zero-order chi connectivity index (χ0) is 16.8. The van der Waals surface area contributed by atoms with Crippen molar-refractivity contribution < 1.29 is 9.53 Å². The first-order valence-electron chi connectivity index (χ1n) is 8.43. The number of likely N-dealkylation sites (tertiary alicyclic amines) is 1. The molecule has 1 aromatic carbocycles. The van der Waals surface area contributed by atoms with E-state index in [0.717, 1.165) is 43.1 Å². The molecule has 24 heavy (non-hydrogen) atoms. The van der Waals surface area contributed by atoms with Gasteiger partial charge in [-0.15, -0.1) is 0 Å². The molecule has 0 spiro atoms. The topological polar surface area (TPSA) is 54.5 Å². The Bertz CT molecular complexity index is 660. The summed E-state index contributed by atoms with van der Waals surface area (Å²) in [5.74, 6) is 0.852. The Morgan fingerprint density at radius 3 is 2.25 bits per heavy atom. The van der Waals surface area contributed by atoms with Crippen molar-refractivity contribution in [2.24, 2.45) is 0 Å². The zero-order valence-corrected chi connectivity index (χ0v) is 14.0. The highest BCUT2D eigenvalue weighted by Crippen LogP contribution is 2.20. The van der Waals surface area contributed by atoms with Crippen LogP contribution in [0.1, 0.15) is 36.2 Å². The first-order valence-corrected chi connectivity index (χ1v) is 8.43. The first kappa shape index (κ1) is 16.3. The van der Waals surface area contributed by atoms with E-state index in [0.29, 0.717) is 5.69 Å². The Morgan fingerprint density at radius 2 is 1.67 bits per heavy atom. The minimum Gasteiger partial charge on any atom is -0.497 e. The molecule has 0 atom stereocenters. The van der Waals surface area contributed by atoms with Crippen molar-refractivity contribution in [3.63, 3.8) is 0 Å². The minimum absolute atomic E-state index is 0.0351. The van der Waals surface area contributed by atoms with E-state index in [4.69, 9.17) is 4.74 Å². The number of anilines is 2. The summed E-state index contributed by atoms with van der Waals surface area (Å²) in [4.78, 5) is 18.8. The van der Waals surface area contributed by atoms with Crippen LogP contribution in [0, 0.1) is 0 Å². The molecule has 1 saturated heterocycles. The van der Waals surface area contributed by atoms with Gasteiger partial charge in [0.2, 0.25) is 0 Å². The van der Waals surface area contributed by atoms with Crippen LogP contribution in [0.2, 0.25) is 0 Å². The second kappa shape index (κ2) is 7.81. The number of hydrogen-bond donors (Lipinski definition) is 1. The smallest absolute Gasteiger partial charge is 0.272 e. The number of rotatable bonds is 4. The predicted molar refractivity (Wildman–Crippen MR) is 94.9 cm³/mol. The van der Waals surface area contributed by atoms with Crippen molar-refractivity contribution in [3.8, 4) is 5.75 Å². The first-order chi connectivity index (χ1) is 11.8. The predicted octanol–water partition coefficient (Wildman–Crippen LogP) is 3.85. The lowest BCUT2D eigenvalue weighted by Gasteiger charge is -2.19. The van der Waals surface area contributed by atoms with E-state index in [1.54, 1.807) is 19.4 Å². The number of pyridine rings is 1. The number of aromatic nitrogens is 1. The number of methoxy groups -OCH3 is 1. The summed E-state index contributed by atoms with van der Waals surface area (Å²) >= 11 is 0. The lowest BCUT2D eigenvalue weighted by atomic mass is 10.2. The van der Waals surface area contributed by atoms with Crippen LogP contribution in [0.3, 0.4) is 0 Å². The molecule has 5 heteroatoms. The van der Waals surface area contributed by atoms with Gasteiger partial charge in [-0.05, 0) is 49.2 Å². The second-order valence-electron chi connectivity index (χ2n) is 5.99. The third kappa shape index (κ3) is 4.04. The van der Waals surface area contributed by atoms with E-state index >= 15 is 0 Å². The van der Waals surface area contributed by atoms with Crippen molar-refractivity contribution in [2.75, 3.05) is 25.5 Å². The third-order valence-corrected chi connectivity index (χ3v) is 4.25. The molecule has 0 bridgehead atoms. The molecule has 1 N–H and O–H groups in total. The average molecular weight is 325 g/mol. The van der Waals surface area contributed by atoms with Crippen molar-refractivity contribution in [1.82, 2.24) is 9.88 Å². The summed E-state index contributed by atoms with van der Waals surface area (Å²) in [5, 5.41) is 3.27. The van der Waals surface area contributed by atoms with Gasteiger partial charge in [0.05, 0.1) is 19.0 Å². The molecule has 1 fully saturated rings. The third-order valence-electron chi connectivity index (χ3n) is 4.25. The number of benzene rings is 1. The van der Waals surface area contributed by atoms with E-state index < -0.39 is 0 Å². The fourth-order valence-corrected chi connectivity index (χ4v) is 2.87. The van der Waals surface area contributed by atoms with Crippen molar-refractivity contribution in [3.05, 3.63) is 48.3 Å². The summed E-state index contributed by atoms with van der Waals surface area (Å²) < 4.78 is 5.15. The molecule has 1 amide bonds. The minimum atomic E-state index is 0.0351. The number of nitrogens with one attached hydrogen (secondary N) is 1. The van der Waals surface area contributed by atoms with Crippen molar-refractivity contribution >= 4 is 17.3 Å². The van der Waals surface area contributed by atoms with Crippen LogP contribution in [0.15, 0.2) is 42.6 Å². The zero-order valence-electron chi connectivity index (χ0n) is 14.0. The molecular formula is C19H23N3O2. The molecule has 2 heterocycles. The quantitative estimate of drug-likeness (QED) is 0.927. The molecule has 0 radical (unpaired) electrons. The highest BCUT2D eigenvalue weighted by molar-refractivity contribution is 5.92. The van der Waals surface area contributed by atoms with E-state index in [1.807, 2.05) is 35.2 Å². The Balaban J connectivity index is 1.64. The van der Waals surface area contributed by atoms with Gasteiger partial charge < -0.3 is 15.0 Å². The van der Waals surface area contributed by atoms with Gasteiger partial charge in [-0.2, -0.15) is 0 Å². The summed E-state index contributed by atoms with van der Waals surface area (Å²) in [6, 6.07) is 11.4. The number of nitrogens with zero attached hydrogens (tertiary/aromatic N) is 2. The number of amides is 1. The number of hydrogen-bond acceptors (Lipinski definition) is 4. The van der Waals surface area contributed by atoms with E-state index in [1.165, 1.54) is 12.8 Å². The largest absolute Gasteiger partial charge is 0.497 e. The molecule has 0 unspecified atom stereocenters. The lowest BCUT2D eigenvalue weighted by molar-refractivity contribution is 0.0756. The van der Waals surface area contributed by atoms with Gasteiger partial charge in [0.25, 0.3) is 5.91 Å². The van der Waals surface area contributed by atoms with Gasteiger partial charge in [0.15, 0.2) is 0 Å². The van der Waals surface area contributed by atoms with Crippen molar-refractivity contribution in [1.29, 1.82) is 0 Å². The van der Waals surface area contributed by atoms with Crippen LogP contribution < -0.4 is 10.1 Å². The van der Waals surface area contributed by atoms with Crippen LogP contribution in [0.25, 0.3) is 0 Å². The second-order valence-corrected chi connectivity index (χ2v) is 5.99. The Morgan fingerprint density at radius 1 is 1.00 bits per heavy atom. The number of carbonyl (C=O) groups excluding carboxylic acids is 1. The molecule has 0 saturated carbocycles. The summed E-state index contributed by atoms with van der Waals surface area (Å²) in [5.41, 5.74) is 2.31. The standard InChI is InChI=1S/C19H23N3O2/c1-24-17-9-6-15(7-10-17)21-16-8-11-18(20-14-16)19(23)22-12-4-2-3-5-13-22/h6-11,14,21H,2-5,12-13H2,1H3. The van der Waals surface area contributed by atoms with Gasteiger partial charge in [0, 0.05) is 18.8 Å². The monoisotopic (exact) mass is 325 g/mol. The van der Waals surface area contributed by atoms with Crippen molar-refractivity contribution in [2.45, 2.75) is 25.7 Å². The van der Waals surface area contributed by atoms with Gasteiger partial charge in [-0.3, -0.25) is 4.79 Å². The molecule has 2 aromatic rings. The summed E-state index contributed by atoms with van der Waals surface area (Å²) in [7, 11) is 1.65. The molecule has 1 aromatic heterocycles. The number of ether oxygens (including phenoxy) is 1. The highest BCUT2D eigenvalue weighted by Gasteiger charge is 2.18. The van der Waals surface area contributed by atoms with Crippen LogP contribution in [0.5, 0.6) is 5.75 Å². The van der Waals surface area contributed by atoms with E-state index in [9.17, 15) is 4.79 Å². The normalized spacial score (nSPS) is 14.8. The summed E-state index contributed by atoms with van der Waals surface area (Å²) in [6.45, 7) is 1.68. The maximum Gasteiger partial charge on any atom is 0.272 e. The molecule has 1 aliphatic rings. The van der Waals surface area contributed by atoms with Crippen LogP contribution in [-0.2, 0) is 0 Å². The molecule has 5 nitrogen and oxygen atoms in total. The maximum absolute atomic E-state index is 12.5. The molecular weight excluding hydrogens is 302 g/mol. The van der Waals surface area contributed by atoms with Gasteiger partial charge in [-0.1, -0.05) is 12.8 Å². The fraction of sp³-hybridized carbons (Fsp3) is 0.368. The van der Waals surface area contributed by atoms with Crippen LogP contribution in [-0.4, -0.2) is 36.0 Å². The highest BCUT2D eigenvalue weighted by atomic mass is 16.5. The van der Waals surface area contributed by atoms with E-state index in [-0.39, 0.29) is 5.91 Å². The van der Waals surface area contributed by atoms with Crippen LogP contribution >= 0.6 is 0 Å². The lowest BCUT2D eigenvalue weighted by Crippen LogP contribution is -2.32. The Kier molecular flexibility index (Phi) is 5.31. The van der Waals surface area contributed by atoms with Gasteiger partial charge in [-0.25, -0.2) is 4.98 Å². The molecule has 1 aliphatic heterocycles. The maximum atomic E-state index is 12.5. The SMILES string of the molecule is COc1ccc(Nc2ccc(C(=O)N3CCCCCC3)nc2)cc1.